The number of allylic oxidation sites excluding steroid dienone is 1. The molecule has 0 aromatic rings. The van der Waals surface area contributed by atoms with Gasteiger partial charge in [0.2, 0.25) is 0 Å². The minimum Gasteiger partial charge on any atom is -0.293 e. The summed E-state index contributed by atoms with van der Waals surface area (Å²) in [5, 5.41) is 0. The van der Waals surface area contributed by atoms with Crippen LogP contribution in [-0.4, -0.2) is 12.6 Å². The zero-order valence-corrected chi connectivity index (χ0v) is 7.92. The molecule has 0 spiro atoms. The Hall–Kier alpha value is -0.830. The van der Waals surface area contributed by atoms with Crippen LogP contribution in [0.3, 0.4) is 0 Å². The maximum absolute atomic E-state index is 11.0. The summed E-state index contributed by atoms with van der Waals surface area (Å²) < 4.78 is 0. The van der Waals surface area contributed by atoms with E-state index in [1.165, 1.54) is 0 Å². The van der Waals surface area contributed by atoms with E-state index < -0.39 is 5.97 Å². The SMILES string of the molecule is CCCC=C(C)C(=O)OOCC. The van der Waals surface area contributed by atoms with Gasteiger partial charge in [-0.25, -0.2) is 4.79 Å². The molecule has 0 radical (unpaired) electrons. The summed E-state index contributed by atoms with van der Waals surface area (Å²) in [5.74, 6) is -0.398. The maximum atomic E-state index is 11.0. The highest BCUT2D eigenvalue weighted by Crippen LogP contribution is 2.00. The molecule has 0 aromatic heterocycles. The number of carbonyl (C=O) groups is 1. The van der Waals surface area contributed by atoms with Crippen molar-refractivity contribution in [3.63, 3.8) is 0 Å². The number of rotatable bonds is 5. The predicted octanol–water partition coefficient (Wildman–Crippen LogP) is 2.23. The summed E-state index contributed by atoms with van der Waals surface area (Å²) in [7, 11) is 0. The van der Waals surface area contributed by atoms with Gasteiger partial charge in [-0.3, -0.25) is 4.89 Å². The maximum Gasteiger partial charge on any atom is 0.368 e. The first kappa shape index (κ1) is 11.2. The van der Waals surface area contributed by atoms with E-state index in [-0.39, 0.29) is 0 Å². The van der Waals surface area contributed by atoms with Crippen molar-refractivity contribution in [2.75, 3.05) is 6.61 Å². The highest BCUT2D eigenvalue weighted by Gasteiger charge is 2.04. The standard InChI is InChI=1S/C9H16O3/c1-4-6-7-8(3)9(10)12-11-5-2/h7H,4-6H2,1-3H3. The number of unbranched alkanes of at least 4 members (excludes halogenated alkanes) is 1. The smallest absolute Gasteiger partial charge is 0.293 e. The molecule has 0 saturated carbocycles. The molecular formula is C9H16O3. The largest absolute Gasteiger partial charge is 0.368 e. The molecule has 0 saturated heterocycles. The van der Waals surface area contributed by atoms with E-state index in [0.717, 1.165) is 12.8 Å². The van der Waals surface area contributed by atoms with Gasteiger partial charge in [0, 0.05) is 5.57 Å². The topological polar surface area (TPSA) is 35.5 Å². The summed E-state index contributed by atoms with van der Waals surface area (Å²) in [6, 6.07) is 0. The first-order valence-corrected chi connectivity index (χ1v) is 4.22. The molecule has 0 aliphatic carbocycles. The molecule has 0 amide bonds. The Kier molecular flexibility index (Phi) is 6.38. The zero-order valence-electron chi connectivity index (χ0n) is 7.92. The first-order valence-electron chi connectivity index (χ1n) is 4.22. The van der Waals surface area contributed by atoms with Crippen LogP contribution in [0.15, 0.2) is 11.6 Å². The lowest BCUT2D eigenvalue weighted by Crippen LogP contribution is -2.06. The lowest BCUT2D eigenvalue weighted by molar-refractivity contribution is -0.265. The van der Waals surface area contributed by atoms with Gasteiger partial charge in [0.15, 0.2) is 0 Å². The Bertz CT molecular complexity index is 161. The highest BCUT2D eigenvalue weighted by atomic mass is 17.2. The lowest BCUT2D eigenvalue weighted by atomic mass is 10.2. The van der Waals surface area contributed by atoms with Crippen LogP contribution >= 0.6 is 0 Å². The Morgan fingerprint density at radius 3 is 2.58 bits per heavy atom. The second-order valence-electron chi connectivity index (χ2n) is 2.45. The number of carbonyl (C=O) groups excluding carboxylic acids is 1. The van der Waals surface area contributed by atoms with Gasteiger partial charge in [0.05, 0.1) is 6.61 Å². The van der Waals surface area contributed by atoms with Crippen LogP contribution in [0, 0.1) is 0 Å². The molecule has 0 unspecified atom stereocenters. The van der Waals surface area contributed by atoms with Gasteiger partial charge >= 0.3 is 5.97 Å². The van der Waals surface area contributed by atoms with Crippen molar-refractivity contribution < 1.29 is 14.6 Å². The van der Waals surface area contributed by atoms with Crippen molar-refractivity contribution in [3.05, 3.63) is 11.6 Å². The summed E-state index contributed by atoms with van der Waals surface area (Å²) in [6.45, 7) is 5.92. The van der Waals surface area contributed by atoms with E-state index >= 15 is 0 Å². The van der Waals surface area contributed by atoms with Crippen molar-refractivity contribution >= 4 is 5.97 Å². The van der Waals surface area contributed by atoms with Crippen LogP contribution in [0.5, 0.6) is 0 Å². The van der Waals surface area contributed by atoms with E-state index in [1.807, 2.05) is 6.08 Å². The van der Waals surface area contributed by atoms with Crippen LogP contribution in [0.1, 0.15) is 33.6 Å². The normalized spacial score (nSPS) is 11.4. The molecule has 3 heteroatoms. The van der Waals surface area contributed by atoms with Gasteiger partial charge in [-0.2, -0.15) is 4.89 Å². The van der Waals surface area contributed by atoms with Gasteiger partial charge in [0.1, 0.15) is 0 Å². The summed E-state index contributed by atoms with van der Waals surface area (Å²) in [5.41, 5.74) is 0.602. The Balaban J connectivity index is 3.75. The average Bonchev–Trinajstić information content (AvgIpc) is 2.10. The third-order valence-corrected chi connectivity index (χ3v) is 1.31. The second-order valence-corrected chi connectivity index (χ2v) is 2.45. The van der Waals surface area contributed by atoms with Crippen molar-refractivity contribution in [2.24, 2.45) is 0 Å². The molecule has 0 aromatic carbocycles. The fourth-order valence-corrected chi connectivity index (χ4v) is 0.622. The molecule has 0 bridgehead atoms. The fourth-order valence-electron chi connectivity index (χ4n) is 0.622. The number of hydrogen-bond acceptors (Lipinski definition) is 3. The molecule has 0 fully saturated rings. The van der Waals surface area contributed by atoms with Crippen LogP contribution < -0.4 is 0 Å². The Morgan fingerprint density at radius 2 is 2.08 bits per heavy atom. The predicted molar refractivity (Wildman–Crippen MR) is 46.4 cm³/mol. The molecule has 70 valence electrons. The number of hydrogen-bond donors (Lipinski definition) is 0. The van der Waals surface area contributed by atoms with E-state index in [1.54, 1.807) is 13.8 Å². The van der Waals surface area contributed by atoms with Gasteiger partial charge in [-0.1, -0.05) is 19.4 Å². The third kappa shape index (κ3) is 4.91. The van der Waals surface area contributed by atoms with Crippen molar-refractivity contribution in [2.45, 2.75) is 33.6 Å². The molecule has 0 heterocycles. The molecule has 0 aliphatic heterocycles. The average molecular weight is 172 g/mol. The first-order chi connectivity index (χ1) is 5.72. The highest BCUT2D eigenvalue weighted by molar-refractivity contribution is 5.87. The van der Waals surface area contributed by atoms with E-state index in [0.29, 0.717) is 12.2 Å². The molecule has 12 heavy (non-hydrogen) atoms. The van der Waals surface area contributed by atoms with Crippen LogP contribution in [0.4, 0.5) is 0 Å². The summed E-state index contributed by atoms with van der Waals surface area (Å²) >= 11 is 0. The quantitative estimate of drug-likeness (QED) is 0.362. The van der Waals surface area contributed by atoms with E-state index in [9.17, 15) is 4.79 Å². The van der Waals surface area contributed by atoms with Crippen LogP contribution in [-0.2, 0) is 14.6 Å². The molecule has 0 atom stereocenters. The van der Waals surface area contributed by atoms with Crippen LogP contribution in [0.2, 0.25) is 0 Å². The zero-order chi connectivity index (χ0) is 9.40. The van der Waals surface area contributed by atoms with Gasteiger partial charge in [-0.15, -0.1) is 0 Å². The lowest BCUT2D eigenvalue weighted by Gasteiger charge is -2.00. The van der Waals surface area contributed by atoms with Gasteiger partial charge in [0.25, 0.3) is 0 Å². The van der Waals surface area contributed by atoms with E-state index in [2.05, 4.69) is 16.7 Å². The Labute approximate surface area is 73.3 Å². The van der Waals surface area contributed by atoms with Crippen molar-refractivity contribution in [1.29, 1.82) is 0 Å². The minimum atomic E-state index is -0.398. The summed E-state index contributed by atoms with van der Waals surface area (Å²) in [6.07, 6.45) is 3.77. The summed E-state index contributed by atoms with van der Waals surface area (Å²) in [4.78, 5) is 19.9. The van der Waals surface area contributed by atoms with Gasteiger partial charge in [-0.05, 0) is 20.3 Å². The van der Waals surface area contributed by atoms with Crippen molar-refractivity contribution in [3.8, 4) is 0 Å². The molecular weight excluding hydrogens is 156 g/mol. The molecule has 0 aliphatic rings. The molecule has 3 nitrogen and oxygen atoms in total. The van der Waals surface area contributed by atoms with Crippen LogP contribution in [0.25, 0.3) is 0 Å². The third-order valence-electron chi connectivity index (χ3n) is 1.31. The monoisotopic (exact) mass is 172 g/mol. The fraction of sp³-hybridized carbons (Fsp3) is 0.667. The van der Waals surface area contributed by atoms with Gasteiger partial charge < -0.3 is 0 Å². The van der Waals surface area contributed by atoms with E-state index in [4.69, 9.17) is 0 Å². The molecule has 0 rings (SSSR count). The second kappa shape index (κ2) is 6.85. The Morgan fingerprint density at radius 1 is 1.42 bits per heavy atom. The molecule has 0 N–H and O–H groups in total. The minimum absolute atomic E-state index is 0.382. The van der Waals surface area contributed by atoms with Crippen molar-refractivity contribution in [1.82, 2.24) is 0 Å².